The monoisotopic (exact) mass is 463 g/mol. The average molecular weight is 464 g/mol. The zero-order valence-corrected chi connectivity index (χ0v) is 19.6. The van der Waals surface area contributed by atoms with Gasteiger partial charge in [0.15, 0.2) is 0 Å². The van der Waals surface area contributed by atoms with Gasteiger partial charge in [-0.15, -0.1) is 5.10 Å². The van der Waals surface area contributed by atoms with Crippen molar-refractivity contribution < 1.29 is 22.1 Å². The van der Waals surface area contributed by atoms with E-state index >= 15 is 0 Å². The lowest BCUT2D eigenvalue weighted by atomic mass is 10.1. The van der Waals surface area contributed by atoms with Gasteiger partial charge in [-0.3, -0.25) is 8.86 Å². The Bertz CT molecular complexity index is 956. The van der Waals surface area contributed by atoms with E-state index in [9.17, 15) is 8.42 Å². The highest BCUT2D eigenvalue weighted by Crippen LogP contribution is 2.20. The fourth-order valence-corrected chi connectivity index (χ4v) is 3.81. The summed E-state index contributed by atoms with van der Waals surface area (Å²) in [6.07, 6.45) is 8.20. The number of aryl methyl sites for hydroxylation is 1. The van der Waals surface area contributed by atoms with Crippen molar-refractivity contribution in [2.75, 3.05) is 25.6 Å². The molecule has 0 amide bonds. The zero-order chi connectivity index (χ0) is 23.2. The summed E-state index contributed by atoms with van der Waals surface area (Å²) in [4.78, 5) is 0. The SMILES string of the molecule is C=Cc1ccc(OCCCOS(=O)(=O)CCCn2cc(COCCCC)nn2)cc1C=C. The Balaban J connectivity index is 1.62. The van der Waals surface area contributed by atoms with Crippen LogP contribution in [-0.2, 0) is 32.2 Å². The lowest BCUT2D eigenvalue weighted by molar-refractivity contribution is 0.115. The predicted molar refractivity (Wildman–Crippen MR) is 126 cm³/mol. The van der Waals surface area contributed by atoms with Gasteiger partial charge in [-0.2, -0.15) is 8.42 Å². The van der Waals surface area contributed by atoms with Crippen LogP contribution >= 0.6 is 0 Å². The minimum atomic E-state index is -3.60. The first kappa shape index (κ1) is 25.8. The second kappa shape index (κ2) is 13.8. The lowest BCUT2D eigenvalue weighted by Gasteiger charge is -2.09. The summed E-state index contributed by atoms with van der Waals surface area (Å²) in [5.41, 5.74) is 2.64. The summed E-state index contributed by atoms with van der Waals surface area (Å²) in [5, 5.41) is 8.02. The van der Waals surface area contributed by atoms with Gasteiger partial charge in [-0.05, 0) is 36.1 Å². The van der Waals surface area contributed by atoms with Crippen molar-refractivity contribution in [3.63, 3.8) is 0 Å². The van der Waals surface area contributed by atoms with Gasteiger partial charge < -0.3 is 9.47 Å². The molecule has 1 aromatic carbocycles. The molecule has 1 aromatic heterocycles. The van der Waals surface area contributed by atoms with E-state index in [4.69, 9.17) is 13.7 Å². The molecule has 0 spiro atoms. The van der Waals surface area contributed by atoms with Crippen molar-refractivity contribution in [2.45, 2.75) is 45.8 Å². The maximum absolute atomic E-state index is 12.1. The predicted octanol–water partition coefficient (Wildman–Crippen LogP) is 4.09. The fraction of sp³-hybridized carbons (Fsp3) is 0.478. The van der Waals surface area contributed by atoms with Crippen molar-refractivity contribution in [2.24, 2.45) is 0 Å². The smallest absolute Gasteiger partial charge is 0.267 e. The third-order valence-electron chi connectivity index (χ3n) is 4.58. The van der Waals surface area contributed by atoms with Crippen LogP contribution in [0, 0.1) is 0 Å². The van der Waals surface area contributed by atoms with E-state index in [0.29, 0.717) is 45.0 Å². The van der Waals surface area contributed by atoms with Crippen LogP contribution < -0.4 is 4.74 Å². The van der Waals surface area contributed by atoms with Crippen LogP contribution in [0.15, 0.2) is 37.6 Å². The minimum absolute atomic E-state index is 0.0734. The van der Waals surface area contributed by atoms with Crippen molar-refractivity contribution in [3.8, 4) is 5.75 Å². The van der Waals surface area contributed by atoms with E-state index in [-0.39, 0.29) is 12.4 Å². The molecule has 0 N–H and O–H groups in total. The standard InChI is InChI=1S/C23H33N3O5S/c1-4-7-13-29-19-22-18-26(25-24-22)12-8-16-32(27,28)31-15-9-14-30-23-11-10-20(5-2)21(6-3)17-23/h5-6,10-11,17-18H,2-4,7-9,12-16,19H2,1H3. The molecule has 0 saturated heterocycles. The van der Waals surface area contributed by atoms with Gasteiger partial charge in [-0.1, -0.05) is 49.9 Å². The summed E-state index contributed by atoms with van der Waals surface area (Å²) < 4.78 is 42.0. The molecule has 0 fully saturated rings. The van der Waals surface area contributed by atoms with Crippen LogP contribution in [0.3, 0.4) is 0 Å². The number of hydrogen-bond donors (Lipinski definition) is 0. The van der Waals surface area contributed by atoms with E-state index in [1.165, 1.54) is 0 Å². The number of hydrogen-bond acceptors (Lipinski definition) is 7. The molecule has 0 radical (unpaired) electrons. The molecule has 32 heavy (non-hydrogen) atoms. The number of benzene rings is 1. The van der Waals surface area contributed by atoms with Gasteiger partial charge in [0.25, 0.3) is 10.1 Å². The van der Waals surface area contributed by atoms with Crippen molar-refractivity contribution in [1.29, 1.82) is 0 Å². The summed E-state index contributed by atoms with van der Waals surface area (Å²) in [6.45, 7) is 11.6. The molecular weight excluding hydrogens is 430 g/mol. The summed E-state index contributed by atoms with van der Waals surface area (Å²) in [6, 6.07) is 5.61. The second-order valence-electron chi connectivity index (χ2n) is 7.22. The van der Waals surface area contributed by atoms with Gasteiger partial charge in [0.2, 0.25) is 0 Å². The van der Waals surface area contributed by atoms with E-state index in [1.54, 1.807) is 23.0 Å². The van der Waals surface area contributed by atoms with Gasteiger partial charge in [0.05, 0.1) is 31.8 Å². The number of rotatable bonds is 17. The van der Waals surface area contributed by atoms with Crippen LogP contribution in [0.1, 0.15) is 49.4 Å². The average Bonchev–Trinajstić information content (AvgIpc) is 3.23. The Morgan fingerprint density at radius 3 is 2.62 bits per heavy atom. The molecule has 2 rings (SSSR count). The lowest BCUT2D eigenvalue weighted by Crippen LogP contribution is -2.15. The first-order valence-electron chi connectivity index (χ1n) is 10.8. The second-order valence-corrected chi connectivity index (χ2v) is 8.98. The van der Waals surface area contributed by atoms with Gasteiger partial charge in [0, 0.05) is 19.6 Å². The Hall–Kier alpha value is -2.49. The molecule has 0 aliphatic carbocycles. The molecule has 0 bridgehead atoms. The van der Waals surface area contributed by atoms with Crippen LogP contribution in [-0.4, -0.2) is 49.0 Å². The Labute approximate surface area is 191 Å². The van der Waals surface area contributed by atoms with Crippen LogP contribution in [0.2, 0.25) is 0 Å². The van der Waals surface area contributed by atoms with Crippen molar-refractivity contribution in [3.05, 3.63) is 54.4 Å². The highest BCUT2D eigenvalue weighted by molar-refractivity contribution is 7.86. The largest absolute Gasteiger partial charge is 0.493 e. The molecule has 0 aliphatic heterocycles. The first-order chi connectivity index (χ1) is 15.5. The van der Waals surface area contributed by atoms with Gasteiger partial charge in [-0.25, -0.2) is 0 Å². The van der Waals surface area contributed by atoms with Crippen molar-refractivity contribution >= 4 is 22.3 Å². The Morgan fingerprint density at radius 1 is 1.06 bits per heavy atom. The molecule has 9 heteroatoms. The van der Waals surface area contributed by atoms with Crippen LogP contribution in [0.5, 0.6) is 5.75 Å². The number of unbranched alkanes of at least 4 members (excludes halogenated alkanes) is 1. The third kappa shape index (κ3) is 9.33. The van der Waals surface area contributed by atoms with Gasteiger partial charge >= 0.3 is 0 Å². The molecule has 0 atom stereocenters. The fourth-order valence-electron chi connectivity index (χ4n) is 2.84. The molecule has 0 saturated carbocycles. The molecule has 8 nitrogen and oxygen atoms in total. The zero-order valence-electron chi connectivity index (χ0n) is 18.7. The van der Waals surface area contributed by atoms with Crippen molar-refractivity contribution in [1.82, 2.24) is 15.0 Å². The molecule has 0 aliphatic rings. The summed E-state index contributed by atoms with van der Waals surface area (Å²) in [5.74, 6) is 0.609. The first-order valence-corrected chi connectivity index (χ1v) is 12.4. The van der Waals surface area contributed by atoms with E-state index in [1.807, 2.05) is 18.2 Å². The molecule has 176 valence electrons. The maximum Gasteiger partial charge on any atom is 0.267 e. The van der Waals surface area contributed by atoms with E-state index < -0.39 is 10.1 Å². The minimum Gasteiger partial charge on any atom is -0.493 e. The Morgan fingerprint density at radius 2 is 1.88 bits per heavy atom. The number of aromatic nitrogens is 3. The normalized spacial score (nSPS) is 11.4. The van der Waals surface area contributed by atoms with E-state index in [0.717, 1.165) is 29.7 Å². The number of ether oxygens (including phenoxy) is 2. The quantitative estimate of drug-likeness (QED) is 0.258. The summed E-state index contributed by atoms with van der Waals surface area (Å²) in [7, 11) is -3.60. The molecule has 0 unspecified atom stereocenters. The van der Waals surface area contributed by atoms with Crippen LogP contribution in [0.4, 0.5) is 0 Å². The van der Waals surface area contributed by atoms with Gasteiger partial charge in [0.1, 0.15) is 11.4 Å². The number of nitrogens with zero attached hydrogens (tertiary/aromatic N) is 3. The highest BCUT2D eigenvalue weighted by Gasteiger charge is 2.11. The maximum atomic E-state index is 12.1. The molecular formula is C23H33N3O5S. The topological polar surface area (TPSA) is 92.5 Å². The highest BCUT2D eigenvalue weighted by atomic mass is 32.2. The molecule has 1 heterocycles. The summed E-state index contributed by atoms with van der Waals surface area (Å²) >= 11 is 0. The molecule has 2 aromatic rings. The Kier molecular flexibility index (Phi) is 11.1. The third-order valence-corrected chi connectivity index (χ3v) is 5.89. The van der Waals surface area contributed by atoms with Crippen LogP contribution in [0.25, 0.3) is 12.2 Å². The van der Waals surface area contributed by atoms with E-state index in [2.05, 4.69) is 30.4 Å².